The van der Waals surface area contributed by atoms with Crippen LogP contribution in [-0.4, -0.2) is 17.7 Å². The van der Waals surface area contributed by atoms with Crippen LogP contribution in [0.15, 0.2) is 18.2 Å². The second-order valence-corrected chi connectivity index (χ2v) is 4.96. The summed E-state index contributed by atoms with van der Waals surface area (Å²) in [6.45, 7) is 6.58. The van der Waals surface area contributed by atoms with E-state index in [2.05, 4.69) is 26.1 Å². The third-order valence-electron chi connectivity index (χ3n) is 3.71. The maximum atomic E-state index is 13.5. The molecule has 0 amide bonds. The van der Waals surface area contributed by atoms with Gasteiger partial charge in [0.2, 0.25) is 0 Å². The van der Waals surface area contributed by atoms with Gasteiger partial charge in [0.15, 0.2) is 0 Å². The number of benzene rings is 1. The molecule has 0 saturated heterocycles. The number of rotatable bonds is 7. The van der Waals surface area contributed by atoms with Crippen molar-refractivity contribution in [2.24, 2.45) is 5.92 Å². The normalized spacial score (nSPS) is 14.7. The predicted molar refractivity (Wildman–Crippen MR) is 72.9 cm³/mol. The summed E-state index contributed by atoms with van der Waals surface area (Å²) in [5.74, 6) is -0.804. The Labute approximate surface area is 113 Å². The molecule has 0 aromatic heterocycles. The lowest BCUT2D eigenvalue weighted by atomic mass is 9.95. The lowest BCUT2D eigenvalue weighted by Gasteiger charge is -2.24. The SMILES string of the molecule is CCC(CC)C(C)NCC(O)c1ccc(F)cc1F. The molecule has 0 fully saturated rings. The molecule has 0 aliphatic rings. The summed E-state index contributed by atoms with van der Waals surface area (Å²) in [7, 11) is 0. The van der Waals surface area contributed by atoms with Gasteiger partial charge in [0.25, 0.3) is 0 Å². The van der Waals surface area contributed by atoms with Gasteiger partial charge in [-0.15, -0.1) is 0 Å². The molecule has 2 atom stereocenters. The minimum atomic E-state index is -0.961. The first-order valence-corrected chi connectivity index (χ1v) is 6.85. The van der Waals surface area contributed by atoms with Crippen molar-refractivity contribution in [1.82, 2.24) is 5.32 Å². The number of hydrogen-bond donors (Lipinski definition) is 2. The average molecular weight is 271 g/mol. The zero-order valence-electron chi connectivity index (χ0n) is 11.8. The molecule has 1 rings (SSSR count). The van der Waals surface area contributed by atoms with Crippen LogP contribution in [0.2, 0.25) is 0 Å². The van der Waals surface area contributed by atoms with Crippen molar-refractivity contribution in [2.45, 2.75) is 45.8 Å². The fourth-order valence-electron chi connectivity index (χ4n) is 2.34. The van der Waals surface area contributed by atoms with Crippen LogP contribution in [0.1, 0.15) is 45.3 Å². The molecule has 108 valence electrons. The van der Waals surface area contributed by atoms with Gasteiger partial charge < -0.3 is 10.4 Å². The summed E-state index contributed by atoms with van der Waals surface area (Å²) >= 11 is 0. The first-order valence-electron chi connectivity index (χ1n) is 6.85. The molecule has 2 N–H and O–H groups in total. The lowest BCUT2D eigenvalue weighted by Crippen LogP contribution is -2.36. The van der Waals surface area contributed by atoms with Gasteiger partial charge in [0.05, 0.1) is 6.10 Å². The molecule has 2 unspecified atom stereocenters. The molecule has 0 saturated carbocycles. The van der Waals surface area contributed by atoms with Crippen LogP contribution in [0.4, 0.5) is 8.78 Å². The summed E-state index contributed by atoms with van der Waals surface area (Å²) in [5, 5.41) is 13.2. The second kappa shape index (κ2) is 7.56. The van der Waals surface area contributed by atoms with E-state index in [9.17, 15) is 13.9 Å². The third kappa shape index (κ3) is 4.55. The molecular formula is C15H23F2NO. The van der Waals surface area contributed by atoms with E-state index in [1.165, 1.54) is 6.07 Å². The molecule has 19 heavy (non-hydrogen) atoms. The maximum Gasteiger partial charge on any atom is 0.131 e. The molecule has 0 bridgehead atoms. The molecule has 2 nitrogen and oxygen atoms in total. The number of hydrogen-bond acceptors (Lipinski definition) is 2. The molecule has 0 aliphatic carbocycles. The number of halogens is 2. The predicted octanol–water partition coefficient (Wildman–Crippen LogP) is 3.41. The molecule has 1 aromatic rings. The Kier molecular flexibility index (Phi) is 6.38. The van der Waals surface area contributed by atoms with E-state index < -0.39 is 17.7 Å². The smallest absolute Gasteiger partial charge is 0.131 e. The second-order valence-electron chi connectivity index (χ2n) is 4.96. The Bertz CT molecular complexity index is 394. The van der Waals surface area contributed by atoms with Gasteiger partial charge in [-0.1, -0.05) is 32.8 Å². The Hall–Kier alpha value is -1.00. The van der Waals surface area contributed by atoms with Crippen molar-refractivity contribution in [2.75, 3.05) is 6.54 Å². The molecule has 0 aliphatic heterocycles. The summed E-state index contributed by atoms with van der Waals surface area (Å²) in [6, 6.07) is 3.50. The first kappa shape index (κ1) is 16.1. The van der Waals surface area contributed by atoms with Crippen LogP contribution >= 0.6 is 0 Å². The number of aliphatic hydroxyl groups excluding tert-OH is 1. The van der Waals surface area contributed by atoms with Crippen molar-refractivity contribution in [3.8, 4) is 0 Å². The van der Waals surface area contributed by atoms with E-state index in [4.69, 9.17) is 0 Å². The van der Waals surface area contributed by atoms with Gasteiger partial charge in [-0.3, -0.25) is 0 Å². The Morgan fingerprint density at radius 1 is 1.21 bits per heavy atom. The van der Waals surface area contributed by atoms with Crippen LogP contribution in [0, 0.1) is 17.6 Å². The largest absolute Gasteiger partial charge is 0.387 e. The highest BCUT2D eigenvalue weighted by Crippen LogP contribution is 2.18. The van der Waals surface area contributed by atoms with Crippen LogP contribution in [0.5, 0.6) is 0 Å². The minimum absolute atomic E-state index is 0.130. The maximum absolute atomic E-state index is 13.5. The van der Waals surface area contributed by atoms with Crippen molar-refractivity contribution in [3.05, 3.63) is 35.4 Å². The van der Waals surface area contributed by atoms with Crippen LogP contribution in [-0.2, 0) is 0 Å². The first-order chi connectivity index (χ1) is 8.99. The van der Waals surface area contributed by atoms with Crippen molar-refractivity contribution < 1.29 is 13.9 Å². The number of aliphatic hydroxyl groups is 1. The van der Waals surface area contributed by atoms with Crippen LogP contribution in [0.3, 0.4) is 0 Å². The summed E-state index contributed by atoms with van der Waals surface area (Å²) in [5.41, 5.74) is 0.130. The lowest BCUT2D eigenvalue weighted by molar-refractivity contribution is 0.160. The Morgan fingerprint density at radius 2 is 1.84 bits per heavy atom. The highest BCUT2D eigenvalue weighted by atomic mass is 19.1. The van der Waals surface area contributed by atoms with E-state index >= 15 is 0 Å². The highest BCUT2D eigenvalue weighted by molar-refractivity contribution is 5.21. The standard InChI is InChI=1S/C15H23F2NO/c1-4-11(5-2)10(3)18-9-15(19)13-7-6-12(16)8-14(13)17/h6-8,10-11,15,18-19H,4-5,9H2,1-3H3. The van der Waals surface area contributed by atoms with E-state index in [-0.39, 0.29) is 18.2 Å². The monoisotopic (exact) mass is 271 g/mol. The fourth-order valence-corrected chi connectivity index (χ4v) is 2.34. The molecule has 0 radical (unpaired) electrons. The van der Waals surface area contributed by atoms with Crippen molar-refractivity contribution >= 4 is 0 Å². The average Bonchev–Trinajstić information content (AvgIpc) is 2.37. The van der Waals surface area contributed by atoms with Gasteiger partial charge >= 0.3 is 0 Å². The molecular weight excluding hydrogens is 248 g/mol. The topological polar surface area (TPSA) is 32.3 Å². The van der Waals surface area contributed by atoms with Gasteiger partial charge in [0.1, 0.15) is 11.6 Å². The zero-order chi connectivity index (χ0) is 14.4. The molecule has 0 heterocycles. The van der Waals surface area contributed by atoms with Gasteiger partial charge in [-0.05, 0) is 18.9 Å². The Morgan fingerprint density at radius 3 is 2.37 bits per heavy atom. The zero-order valence-corrected chi connectivity index (χ0v) is 11.8. The molecule has 4 heteroatoms. The van der Waals surface area contributed by atoms with E-state index in [1.54, 1.807) is 0 Å². The number of nitrogens with one attached hydrogen (secondary N) is 1. The highest BCUT2D eigenvalue weighted by Gasteiger charge is 2.17. The van der Waals surface area contributed by atoms with Crippen molar-refractivity contribution in [1.29, 1.82) is 0 Å². The Balaban J connectivity index is 2.57. The third-order valence-corrected chi connectivity index (χ3v) is 3.71. The van der Waals surface area contributed by atoms with Crippen LogP contribution < -0.4 is 5.32 Å². The van der Waals surface area contributed by atoms with E-state index in [0.717, 1.165) is 25.0 Å². The summed E-state index contributed by atoms with van der Waals surface area (Å²) in [4.78, 5) is 0. The van der Waals surface area contributed by atoms with Crippen LogP contribution in [0.25, 0.3) is 0 Å². The summed E-state index contributed by atoms with van der Waals surface area (Å²) < 4.78 is 26.3. The molecule has 1 aromatic carbocycles. The van der Waals surface area contributed by atoms with Crippen molar-refractivity contribution in [3.63, 3.8) is 0 Å². The quantitative estimate of drug-likeness (QED) is 0.796. The van der Waals surface area contributed by atoms with Gasteiger partial charge in [-0.25, -0.2) is 8.78 Å². The van der Waals surface area contributed by atoms with E-state index in [1.807, 2.05) is 0 Å². The van der Waals surface area contributed by atoms with Gasteiger partial charge in [0, 0.05) is 24.2 Å². The fraction of sp³-hybridized carbons (Fsp3) is 0.600. The van der Waals surface area contributed by atoms with Gasteiger partial charge in [-0.2, -0.15) is 0 Å². The summed E-state index contributed by atoms with van der Waals surface area (Å²) in [6.07, 6.45) is 1.16. The van der Waals surface area contributed by atoms with E-state index in [0.29, 0.717) is 5.92 Å². The minimum Gasteiger partial charge on any atom is -0.387 e. The molecule has 0 spiro atoms.